The van der Waals surface area contributed by atoms with E-state index in [9.17, 15) is 8.78 Å². The molecular weight excluding hydrogens is 316 g/mol. The number of hydrogen-bond acceptors (Lipinski definition) is 2. The zero-order valence-corrected chi connectivity index (χ0v) is 12.5. The summed E-state index contributed by atoms with van der Waals surface area (Å²) in [5.74, 6) is -0.635. The molecule has 2 atom stereocenters. The smallest absolute Gasteiger partial charge is 0.137 e. The summed E-state index contributed by atoms with van der Waals surface area (Å²) in [7, 11) is 0. The number of nitrogens with one attached hydrogen (secondary N) is 1. The van der Waals surface area contributed by atoms with Gasteiger partial charge in [0, 0.05) is 24.1 Å². The molecule has 2 rings (SSSR count). The van der Waals surface area contributed by atoms with Crippen molar-refractivity contribution < 1.29 is 13.5 Å². The highest BCUT2D eigenvalue weighted by atomic mass is 79.9. The lowest BCUT2D eigenvalue weighted by Gasteiger charge is -2.31. The van der Waals surface area contributed by atoms with Gasteiger partial charge in [0.25, 0.3) is 0 Å². The van der Waals surface area contributed by atoms with Gasteiger partial charge in [-0.1, -0.05) is 6.92 Å². The summed E-state index contributed by atoms with van der Waals surface area (Å²) in [5, 5.41) is 3.25. The highest BCUT2D eigenvalue weighted by Crippen LogP contribution is 2.32. The highest BCUT2D eigenvalue weighted by molar-refractivity contribution is 9.10. The van der Waals surface area contributed by atoms with Crippen LogP contribution in [0.4, 0.5) is 8.78 Å². The van der Waals surface area contributed by atoms with Gasteiger partial charge in [-0.15, -0.1) is 0 Å². The Bertz CT molecular complexity index is 436. The monoisotopic (exact) mass is 333 g/mol. The van der Waals surface area contributed by atoms with Gasteiger partial charge in [-0.3, -0.25) is 0 Å². The Labute approximate surface area is 120 Å². The average molecular weight is 334 g/mol. The third kappa shape index (κ3) is 3.52. The number of rotatable bonds is 4. The minimum atomic E-state index is -0.434. The minimum Gasteiger partial charge on any atom is -0.381 e. The fourth-order valence-corrected chi connectivity index (χ4v) is 2.87. The van der Waals surface area contributed by atoms with Crippen molar-refractivity contribution >= 4 is 15.9 Å². The SMILES string of the molecule is CCNC(c1cc(F)c(Br)cc1F)C1CCCOC1. The molecule has 0 bridgehead atoms. The molecule has 0 radical (unpaired) electrons. The van der Waals surface area contributed by atoms with Gasteiger partial charge in [0.1, 0.15) is 11.6 Å². The number of halogens is 3. The summed E-state index contributed by atoms with van der Waals surface area (Å²) in [4.78, 5) is 0. The first-order valence-corrected chi connectivity index (χ1v) is 7.38. The fraction of sp³-hybridized carbons (Fsp3) is 0.571. The molecule has 0 aliphatic carbocycles. The first-order valence-electron chi connectivity index (χ1n) is 6.59. The zero-order chi connectivity index (χ0) is 13.8. The highest BCUT2D eigenvalue weighted by Gasteiger charge is 2.27. The summed E-state index contributed by atoms with van der Waals surface area (Å²) in [5.41, 5.74) is 0.387. The molecule has 1 saturated heterocycles. The van der Waals surface area contributed by atoms with Crippen molar-refractivity contribution in [3.8, 4) is 0 Å². The number of hydrogen-bond donors (Lipinski definition) is 1. The molecule has 1 fully saturated rings. The van der Waals surface area contributed by atoms with Crippen molar-refractivity contribution in [2.24, 2.45) is 5.92 Å². The predicted molar refractivity (Wildman–Crippen MR) is 74.0 cm³/mol. The third-order valence-electron chi connectivity index (χ3n) is 3.47. The lowest BCUT2D eigenvalue weighted by molar-refractivity contribution is 0.0387. The lowest BCUT2D eigenvalue weighted by Crippen LogP contribution is -2.34. The summed E-state index contributed by atoms with van der Waals surface area (Å²) in [6.45, 7) is 4.02. The molecule has 0 aromatic heterocycles. The van der Waals surface area contributed by atoms with Gasteiger partial charge in [0.05, 0.1) is 11.1 Å². The Morgan fingerprint density at radius 3 is 2.84 bits per heavy atom. The molecule has 19 heavy (non-hydrogen) atoms. The second kappa shape index (κ2) is 6.77. The number of benzene rings is 1. The van der Waals surface area contributed by atoms with Crippen LogP contribution in [0.1, 0.15) is 31.4 Å². The Balaban J connectivity index is 2.29. The minimum absolute atomic E-state index is 0.156. The summed E-state index contributed by atoms with van der Waals surface area (Å²) < 4.78 is 33.4. The van der Waals surface area contributed by atoms with Crippen molar-refractivity contribution in [1.82, 2.24) is 5.32 Å². The van der Waals surface area contributed by atoms with E-state index in [1.54, 1.807) is 0 Å². The molecule has 5 heteroatoms. The molecule has 1 aliphatic heterocycles. The summed E-state index contributed by atoms with van der Waals surface area (Å²) in [6, 6.07) is 2.27. The van der Waals surface area contributed by atoms with Crippen molar-refractivity contribution in [1.29, 1.82) is 0 Å². The van der Waals surface area contributed by atoms with Gasteiger partial charge in [0.15, 0.2) is 0 Å². The van der Waals surface area contributed by atoms with Crippen LogP contribution in [0.15, 0.2) is 16.6 Å². The van der Waals surface area contributed by atoms with Crippen LogP contribution >= 0.6 is 15.9 Å². The van der Waals surface area contributed by atoms with Crippen LogP contribution in [0.3, 0.4) is 0 Å². The normalized spacial score (nSPS) is 21.4. The topological polar surface area (TPSA) is 21.3 Å². The van der Waals surface area contributed by atoms with Crippen molar-refractivity contribution in [2.75, 3.05) is 19.8 Å². The van der Waals surface area contributed by atoms with Crippen LogP contribution in [0.2, 0.25) is 0 Å². The van der Waals surface area contributed by atoms with E-state index in [-0.39, 0.29) is 22.2 Å². The van der Waals surface area contributed by atoms with E-state index in [1.807, 2.05) is 6.92 Å². The zero-order valence-electron chi connectivity index (χ0n) is 10.9. The van der Waals surface area contributed by atoms with E-state index in [1.165, 1.54) is 12.1 Å². The maximum absolute atomic E-state index is 14.1. The van der Waals surface area contributed by atoms with Gasteiger partial charge < -0.3 is 10.1 Å². The Morgan fingerprint density at radius 1 is 1.42 bits per heavy atom. The molecule has 0 saturated carbocycles. The van der Waals surface area contributed by atoms with Crippen LogP contribution in [0.5, 0.6) is 0 Å². The molecule has 2 nitrogen and oxygen atoms in total. The van der Waals surface area contributed by atoms with E-state index in [0.717, 1.165) is 19.4 Å². The van der Waals surface area contributed by atoms with Crippen LogP contribution in [-0.2, 0) is 4.74 Å². The molecule has 1 aliphatic rings. The second-order valence-electron chi connectivity index (χ2n) is 4.80. The Kier molecular flexibility index (Phi) is 5.30. The van der Waals surface area contributed by atoms with E-state index in [4.69, 9.17) is 4.74 Å². The Morgan fingerprint density at radius 2 is 2.21 bits per heavy atom. The largest absolute Gasteiger partial charge is 0.381 e. The van der Waals surface area contributed by atoms with Crippen molar-refractivity contribution in [3.63, 3.8) is 0 Å². The standard InChI is InChI=1S/C14H18BrF2NO/c1-2-18-14(9-4-3-5-19-8-9)10-6-13(17)11(15)7-12(10)16/h6-7,9,14,18H,2-5,8H2,1H3. The second-order valence-corrected chi connectivity index (χ2v) is 5.65. The van der Waals surface area contributed by atoms with Gasteiger partial charge in [-0.25, -0.2) is 8.78 Å². The van der Waals surface area contributed by atoms with Crippen molar-refractivity contribution in [3.05, 3.63) is 33.8 Å². The van der Waals surface area contributed by atoms with Gasteiger partial charge in [-0.05, 0) is 47.4 Å². The number of ether oxygens (including phenoxy) is 1. The quantitative estimate of drug-likeness (QED) is 0.846. The van der Waals surface area contributed by atoms with E-state index in [0.29, 0.717) is 18.7 Å². The van der Waals surface area contributed by atoms with Gasteiger partial charge in [0.2, 0.25) is 0 Å². The van der Waals surface area contributed by atoms with Crippen LogP contribution in [-0.4, -0.2) is 19.8 Å². The molecule has 1 heterocycles. The van der Waals surface area contributed by atoms with Gasteiger partial charge in [-0.2, -0.15) is 0 Å². The van der Waals surface area contributed by atoms with E-state index < -0.39 is 5.82 Å². The maximum atomic E-state index is 14.1. The van der Waals surface area contributed by atoms with Crippen LogP contribution < -0.4 is 5.32 Å². The molecule has 1 aromatic carbocycles. The molecule has 1 aromatic rings. The first-order chi connectivity index (χ1) is 9.13. The molecule has 2 unspecified atom stereocenters. The summed E-state index contributed by atoms with van der Waals surface area (Å²) >= 11 is 3.00. The molecule has 106 valence electrons. The lowest BCUT2D eigenvalue weighted by atomic mass is 9.88. The molecule has 1 N–H and O–H groups in total. The molecule has 0 amide bonds. The summed E-state index contributed by atoms with van der Waals surface area (Å²) in [6.07, 6.45) is 1.93. The Hall–Kier alpha value is -0.520. The average Bonchev–Trinajstić information content (AvgIpc) is 2.42. The van der Waals surface area contributed by atoms with Gasteiger partial charge >= 0.3 is 0 Å². The van der Waals surface area contributed by atoms with E-state index >= 15 is 0 Å². The van der Waals surface area contributed by atoms with Crippen LogP contribution in [0, 0.1) is 17.6 Å². The fourth-order valence-electron chi connectivity index (χ4n) is 2.56. The predicted octanol–water partition coefficient (Wildman–Crippen LogP) is 3.80. The first kappa shape index (κ1) is 14.9. The van der Waals surface area contributed by atoms with Crippen molar-refractivity contribution in [2.45, 2.75) is 25.8 Å². The molecular formula is C14H18BrF2NO. The molecule has 0 spiro atoms. The van der Waals surface area contributed by atoms with Crippen LogP contribution in [0.25, 0.3) is 0 Å². The maximum Gasteiger partial charge on any atom is 0.137 e. The third-order valence-corrected chi connectivity index (χ3v) is 4.07. The van der Waals surface area contributed by atoms with E-state index in [2.05, 4.69) is 21.2 Å².